The third kappa shape index (κ3) is 3.90. The zero-order chi connectivity index (χ0) is 22.1. The normalized spacial score (nSPS) is 13.3. The minimum atomic E-state index is -0.193. The second-order valence-electron chi connectivity index (χ2n) is 8.16. The Bertz CT molecular complexity index is 1390. The zero-order valence-corrected chi connectivity index (χ0v) is 19.4. The van der Waals surface area contributed by atoms with Gasteiger partial charge in [0.2, 0.25) is 0 Å². The van der Waals surface area contributed by atoms with Crippen LogP contribution in [-0.2, 0) is 0 Å². The van der Waals surface area contributed by atoms with Crippen molar-refractivity contribution in [3.8, 4) is 5.75 Å². The van der Waals surface area contributed by atoms with Crippen LogP contribution >= 0.6 is 15.9 Å². The minimum Gasteiger partial charge on any atom is -0.508 e. The lowest BCUT2D eigenvalue weighted by Gasteiger charge is -2.27. The van der Waals surface area contributed by atoms with Crippen LogP contribution in [0, 0.1) is 0 Å². The number of hydrogen-bond acceptors (Lipinski definition) is 2. The molecule has 5 aromatic rings. The second kappa shape index (κ2) is 8.78. The molecule has 0 saturated heterocycles. The van der Waals surface area contributed by atoms with Crippen molar-refractivity contribution in [2.75, 3.05) is 0 Å². The molecule has 5 aromatic carbocycles. The van der Waals surface area contributed by atoms with Gasteiger partial charge in [-0.3, -0.25) is 5.32 Å². The fraction of sp³-hybridized carbons (Fsp3) is 0.103. The summed E-state index contributed by atoms with van der Waals surface area (Å²) in [6.45, 7) is 2.17. The van der Waals surface area contributed by atoms with E-state index in [1.54, 1.807) is 6.07 Å². The fourth-order valence-corrected chi connectivity index (χ4v) is 4.91. The summed E-state index contributed by atoms with van der Waals surface area (Å²) in [4.78, 5) is 0. The number of nitrogens with one attached hydrogen (secondary N) is 1. The summed E-state index contributed by atoms with van der Waals surface area (Å²) in [5, 5.41) is 19.4. The summed E-state index contributed by atoms with van der Waals surface area (Å²) in [6.07, 6.45) is 0. The summed E-state index contributed by atoms with van der Waals surface area (Å²) in [5.41, 5.74) is 3.26. The number of benzene rings is 5. The molecule has 3 heteroatoms. The quantitative estimate of drug-likeness (QED) is 0.267. The Labute approximate surface area is 196 Å². The number of halogens is 1. The molecule has 0 aliphatic carbocycles. The van der Waals surface area contributed by atoms with Crippen LogP contribution in [0.5, 0.6) is 5.75 Å². The molecule has 158 valence electrons. The van der Waals surface area contributed by atoms with Gasteiger partial charge in [0.05, 0.1) is 6.04 Å². The second-order valence-corrected chi connectivity index (χ2v) is 9.08. The van der Waals surface area contributed by atoms with Crippen molar-refractivity contribution in [2.24, 2.45) is 0 Å². The lowest BCUT2D eigenvalue weighted by Crippen LogP contribution is -2.26. The molecule has 0 amide bonds. The monoisotopic (exact) mass is 481 g/mol. The lowest BCUT2D eigenvalue weighted by atomic mass is 9.89. The molecule has 5 rings (SSSR count). The maximum absolute atomic E-state index is 11.1. The van der Waals surface area contributed by atoms with Gasteiger partial charge in [-0.1, -0.05) is 101 Å². The first kappa shape index (κ1) is 20.7. The topological polar surface area (TPSA) is 32.3 Å². The SMILES string of the molecule is C[C@H](N[C@@H](c1cccc2ccccc12)c1c(O)ccc2cc(Br)ccc12)c1ccccc1. The summed E-state index contributed by atoms with van der Waals surface area (Å²) < 4.78 is 1.02. The van der Waals surface area contributed by atoms with E-state index in [1.807, 2.05) is 18.2 Å². The number of rotatable bonds is 5. The fourth-order valence-electron chi connectivity index (χ4n) is 4.54. The summed E-state index contributed by atoms with van der Waals surface area (Å²) in [5.74, 6) is 0.297. The number of phenols is 1. The molecule has 0 unspecified atom stereocenters. The van der Waals surface area contributed by atoms with Crippen molar-refractivity contribution >= 4 is 37.5 Å². The first-order valence-electron chi connectivity index (χ1n) is 10.8. The van der Waals surface area contributed by atoms with Crippen molar-refractivity contribution in [3.05, 3.63) is 124 Å². The first-order valence-corrected chi connectivity index (χ1v) is 11.6. The Morgan fingerprint density at radius 2 is 1.47 bits per heavy atom. The van der Waals surface area contributed by atoms with Crippen LogP contribution in [0.2, 0.25) is 0 Å². The summed E-state index contributed by atoms with van der Waals surface area (Å²) >= 11 is 3.58. The van der Waals surface area contributed by atoms with E-state index in [-0.39, 0.29) is 12.1 Å². The highest BCUT2D eigenvalue weighted by molar-refractivity contribution is 9.10. The van der Waals surface area contributed by atoms with Gasteiger partial charge in [0.25, 0.3) is 0 Å². The molecule has 2 N–H and O–H groups in total. The highest BCUT2D eigenvalue weighted by atomic mass is 79.9. The molecule has 32 heavy (non-hydrogen) atoms. The van der Waals surface area contributed by atoms with Crippen molar-refractivity contribution < 1.29 is 5.11 Å². The maximum atomic E-state index is 11.1. The van der Waals surface area contributed by atoms with Crippen LogP contribution in [0.4, 0.5) is 0 Å². The van der Waals surface area contributed by atoms with Gasteiger partial charge in [0.1, 0.15) is 5.75 Å². The van der Waals surface area contributed by atoms with Crippen molar-refractivity contribution in [3.63, 3.8) is 0 Å². The molecule has 0 fully saturated rings. The Morgan fingerprint density at radius 1 is 0.719 bits per heavy atom. The van der Waals surface area contributed by atoms with Crippen LogP contribution in [-0.4, -0.2) is 5.11 Å². The highest BCUT2D eigenvalue weighted by Crippen LogP contribution is 2.40. The van der Waals surface area contributed by atoms with Crippen LogP contribution in [0.15, 0.2) is 108 Å². The molecule has 0 aliphatic rings. The molecular weight excluding hydrogens is 458 g/mol. The van der Waals surface area contributed by atoms with Crippen LogP contribution in [0.1, 0.15) is 35.7 Å². The van der Waals surface area contributed by atoms with Gasteiger partial charge in [-0.2, -0.15) is 0 Å². The van der Waals surface area contributed by atoms with Gasteiger partial charge < -0.3 is 5.11 Å². The Morgan fingerprint density at radius 3 is 2.31 bits per heavy atom. The van der Waals surface area contributed by atoms with Crippen molar-refractivity contribution in [1.82, 2.24) is 5.32 Å². The van der Waals surface area contributed by atoms with Gasteiger partial charge in [-0.15, -0.1) is 0 Å². The largest absolute Gasteiger partial charge is 0.508 e. The van der Waals surface area contributed by atoms with Crippen LogP contribution < -0.4 is 5.32 Å². The van der Waals surface area contributed by atoms with E-state index in [0.29, 0.717) is 5.75 Å². The molecule has 2 nitrogen and oxygen atoms in total. The molecule has 0 spiro atoms. The van der Waals surface area contributed by atoms with E-state index in [2.05, 4.69) is 107 Å². The molecular formula is C29H24BrNO. The van der Waals surface area contributed by atoms with Gasteiger partial charge in [-0.25, -0.2) is 0 Å². The van der Waals surface area contributed by atoms with Crippen molar-refractivity contribution in [2.45, 2.75) is 19.0 Å². The Balaban J connectivity index is 1.74. The Kier molecular flexibility index (Phi) is 5.69. The predicted molar refractivity (Wildman–Crippen MR) is 137 cm³/mol. The summed E-state index contributed by atoms with van der Waals surface area (Å²) in [7, 11) is 0. The van der Waals surface area contributed by atoms with Gasteiger partial charge >= 0.3 is 0 Å². The highest BCUT2D eigenvalue weighted by Gasteiger charge is 2.24. The average molecular weight is 482 g/mol. The zero-order valence-electron chi connectivity index (χ0n) is 17.8. The minimum absolute atomic E-state index is 0.0882. The summed E-state index contributed by atoms with van der Waals surface area (Å²) in [6, 6.07) is 35.1. The van der Waals surface area contributed by atoms with E-state index < -0.39 is 0 Å². The third-order valence-electron chi connectivity index (χ3n) is 6.14. The van der Waals surface area contributed by atoms with Crippen LogP contribution in [0.25, 0.3) is 21.5 Å². The van der Waals surface area contributed by atoms with E-state index in [9.17, 15) is 5.11 Å². The van der Waals surface area contributed by atoms with E-state index in [0.717, 1.165) is 26.4 Å². The van der Waals surface area contributed by atoms with Crippen molar-refractivity contribution in [1.29, 1.82) is 0 Å². The Hall–Kier alpha value is -3.14. The van der Waals surface area contributed by atoms with Crippen LogP contribution in [0.3, 0.4) is 0 Å². The third-order valence-corrected chi connectivity index (χ3v) is 6.63. The number of phenolic OH excluding ortho intramolecular Hbond substituents is 1. The molecule has 0 heterocycles. The number of hydrogen-bond donors (Lipinski definition) is 2. The molecule has 2 atom stereocenters. The predicted octanol–water partition coefficient (Wildman–Crippen LogP) is 7.90. The number of aromatic hydroxyl groups is 1. The maximum Gasteiger partial charge on any atom is 0.121 e. The molecule has 0 radical (unpaired) electrons. The van der Waals surface area contributed by atoms with Gasteiger partial charge in [0.15, 0.2) is 0 Å². The standard InChI is InChI=1S/C29H24BrNO/c1-19(20-8-3-2-4-9-20)31-29(26-13-7-11-21-10-5-6-12-24(21)26)28-25-16-15-23(30)18-22(25)14-17-27(28)32/h2-19,29,31-32H,1H3/t19-,29-/m0/s1. The average Bonchev–Trinajstić information content (AvgIpc) is 2.83. The van der Waals surface area contributed by atoms with E-state index in [4.69, 9.17) is 0 Å². The van der Waals surface area contributed by atoms with E-state index >= 15 is 0 Å². The van der Waals surface area contributed by atoms with E-state index in [1.165, 1.54) is 16.3 Å². The molecule has 0 aromatic heterocycles. The molecule has 0 saturated carbocycles. The first-order chi connectivity index (χ1) is 15.6. The lowest BCUT2D eigenvalue weighted by molar-refractivity contribution is 0.449. The smallest absolute Gasteiger partial charge is 0.121 e. The molecule has 0 bridgehead atoms. The van der Waals surface area contributed by atoms with Gasteiger partial charge in [-0.05, 0) is 57.8 Å². The van der Waals surface area contributed by atoms with Gasteiger partial charge in [0, 0.05) is 16.1 Å². The molecule has 0 aliphatic heterocycles. The number of fused-ring (bicyclic) bond motifs is 2.